The van der Waals surface area contributed by atoms with E-state index in [9.17, 15) is 5.11 Å². The molecular formula is C21H26N4O2. The molecule has 2 aromatic carbocycles. The smallest absolute Gasteiger partial charge is 0.135 e. The zero-order chi connectivity index (χ0) is 18.5. The third kappa shape index (κ3) is 4.53. The third-order valence-corrected chi connectivity index (χ3v) is 5.41. The van der Waals surface area contributed by atoms with Gasteiger partial charge in [0.15, 0.2) is 0 Å². The van der Waals surface area contributed by atoms with Crippen LogP contribution in [0.1, 0.15) is 17.5 Å². The molecule has 0 bridgehead atoms. The topological polar surface area (TPSA) is 65.6 Å². The molecule has 1 aliphatic rings. The fourth-order valence-electron chi connectivity index (χ4n) is 3.92. The molecule has 0 amide bonds. The van der Waals surface area contributed by atoms with Crippen LogP contribution < -0.4 is 0 Å². The third-order valence-electron chi connectivity index (χ3n) is 5.41. The van der Waals surface area contributed by atoms with Gasteiger partial charge in [0.2, 0.25) is 0 Å². The highest BCUT2D eigenvalue weighted by atomic mass is 16.6. The van der Waals surface area contributed by atoms with Crippen molar-refractivity contribution in [1.29, 1.82) is 0 Å². The van der Waals surface area contributed by atoms with Gasteiger partial charge in [0.25, 0.3) is 0 Å². The van der Waals surface area contributed by atoms with Crippen LogP contribution in [0.15, 0.2) is 53.2 Å². The van der Waals surface area contributed by atoms with Crippen molar-refractivity contribution in [2.75, 3.05) is 32.8 Å². The Hall–Kier alpha value is -2.28. The molecule has 1 fully saturated rings. The van der Waals surface area contributed by atoms with Gasteiger partial charge >= 0.3 is 0 Å². The van der Waals surface area contributed by atoms with Crippen LogP contribution in [-0.2, 0) is 13.0 Å². The quantitative estimate of drug-likeness (QED) is 0.692. The fourth-order valence-corrected chi connectivity index (χ4v) is 3.92. The summed E-state index contributed by atoms with van der Waals surface area (Å²) in [5.74, 6) is 0. The van der Waals surface area contributed by atoms with Crippen molar-refractivity contribution in [3.63, 3.8) is 0 Å². The highest BCUT2D eigenvalue weighted by Crippen LogP contribution is 2.18. The molecule has 0 radical (unpaired) electrons. The van der Waals surface area contributed by atoms with Gasteiger partial charge in [-0.25, -0.2) is 4.63 Å². The standard InChI is InChI=1S/C21H26N4O2/c26-13-9-19-16-24(15-18-6-7-20-21(14-18)23-27-22-20)11-12-25(19)10-8-17-4-2-1-3-5-17/h1-7,14,19,26H,8-13,15-16H2/t19-/m1/s1. The lowest BCUT2D eigenvalue weighted by molar-refractivity contribution is 0.0562. The van der Waals surface area contributed by atoms with Crippen LogP contribution in [0, 0.1) is 0 Å². The Morgan fingerprint density at radius 3 is 2.70 bits per heavy atom. The second-order valence-corrected chi connectivity index (χ2v) is 7.26. The Bertz CT molecular complexity index is 852. The van der Waals surface area contributed by atoms with Crippen LogP contribution in [0.25, 0.3) is 11.0 Å². The molecule has 6 nitrogen and oxygen atoms in total. The first-order valence-electron chi connectivity index (χ1n) is 9.64. The summed E-state index contributed by atoms with van der Waals surface area (Å²) in [5, 5.41) is 17.3. The molecule has 0 spiro atoms. The number of hydrogen-bond donors (Lipinski definition) is 1. The van der Waals surface area contributed by atoms with Crippen molar-refractivity contribution in [2.45, 2.75) is 25.4 Å². The molecule has 0 aliphatic carbocycles. The van der Waals surface area contributed by atoms with Crippen molar-refractivity contribution in [2.24, 2.45) is 0 Å². The maximum absolute atomic E-state index is 9.52. The van der Waals surface area contributed by atoms with Gasteiger partial charge in [-0.05, 0) is 46.4 Å². The number of hydrogen-bond acceptors (Lipinski definition) is 6. The number of aliphatic hydroxyl groups excluding tert-OH is 1. The average Bonchev–Trinajstić information content (AvgIpc) is 3.16. The highest BCUT2D eigenvalue weighted by Gasteiger charge is 2.26. The van der Waals surface area contributed by atoms with E-state index in [1.807, 2.05) is 6.07 Å². The van der Waals surface area contributed by atoms with Crippen LogP contribution in [-0.4, -0.2) is 64.0 Å². The monoisotopic (exact) mass is 366 g/mol. The molecule has 1 aromatic heterocycles. The first-order chi connectivity index (χ1) is 13.3. The maximum Gasteiger partial charge on any atom is 0.135 e. The number of piperazine rings is 1. The zero-order valence-corrected chi connectivity index (χ0v) is 15.5. The SMILES string of the molecule is OCC[C@@H]1CN(Cc2ccc3nonc3c2)CCN1CCc1ccccc1. The summed E-state index contributed by atoms with van der Waals surface area (Å²) in [5.41, 5.74) is 4.19. The molecule has 2 heterocycles. The normalized spacial score (nSPS) is 18.9. The fraction of sp³-hybridized carbons (Fsp3) is 0.429. The summed E-state index contributed by atoms with van der Waals surface area (Å²) in [7, 11) is 0. The largest absolute Gasteiger partial charge is 0.396 e. The summed E-state index contributed by atoms with van der Waals surface area (Å²) in [6, 6.07) is 17.1. The van der Waals surface area contributed by atoms with E-state index in [1.165, 1.54) is 11.1 Å². The number of nitrogens with zero attached hydrogens (tertiary/aromatic N) is 4. The average molecular weight is 366 g/mol. The highest BCUT2D eigenvalue weighted by molar-refractivity contribution is 5.73. The molecule has 27 heavy (non-hydrogen) atoms. The second kappa shape index (κ2) is 8.61. The van der Waals surface area contributed by atoms with Crippen LogP contribution >= 0.6 is 0 Å². The predicted molar refractivity (Wildman–Crippen MR) is 104 cm³/mol. The van der Waals surface area contributed by atoms with Crippen molar-refractivity contribution in [3.8, 4) is 0 Å². The molecule has 3 aromatic rings. The first-order valence-corrected chi connectivity index (χ1v) is 9.64. The lowest BCUT2D eigenvalue weighted by Gasteiger charge is -2.41. The number of rotatable bonds is 7. The van der Waals surface area contributed by atoms with Crippen molar-refractivity contribution in [1.82, 2.24) is 20.1 Å². The minimum atomic E-state index is 0.233. The van der Waals surface area contributed by atoms with E-state index in [0.29, 0.717) is 6.04 Å². The van der Waals surface area contributed by atoms with E-state index in [4.69, 9.17) is 4.63 Å². The van der Waals surface area contributed by atoms with E-state index < -0.39 is 0 Å². The van der Waals surface area contributed by atoms with Gasteiger partial charge in [-0.1, -0.05) is 36.4 Å². The van der Waals surface area contributed by atoms with E-state index in [2.05, 4.69) is 62.6 Å². The predicted octanol–water partition coefficient (Wildman–Crippen LogP) is 2.33. The summed E-state index contributed by atoms with van der Waals surface area (Å²) < 4.78 is 4.79. The second-order valence-electron chi connectivity index (χ2n) is 7.26. The zero-order valence-electron chi connectivity index (χ0n) is 15.5. The van der Waals surface area contributed by atoms with Gasteiger partial charge in [-0.2, -0.15) is 0 Å². The number of fused-ring (bicyclic) bond motifs is 1. The Balaban J connectivity index is 1.36. The molecule has 142 valence electrons. The van der Waals surface area contributed by atoms with E-state index in [0.717, 1.165) is 56.6 Å². The van der Waals surface area contributed by atoms with Crippen molar-refractivity contribution in [3.05, 3.63) is 59.7 Å². The van der Waals surface area contributed by atoms with Gasteiger partial charge in [0.05, 0.1) is 0 Å². The molecule has 1 N–H and O–H groups in total. The van der Waals surface area contributed by atoms with Crippen LogP contribution in [0.3, 0.4) is 0 Å². The Kier molecular flexibility index (Phi) is 5.77. The number of aliphatic hydroxyl groups is 1. The molecule has 6 heteroatoms. The Labute approximate surface area is 159 Å². The molecule has 0 saturated carbocycles. The van der Waals surface area contributed by atoms with Crippen LogP contribution in [0.4, 0.5) is 0 Å². The Morgan fingerprint density at radius 2 is 1.85 bits per heavy atom. The molecule has 1 aliphatic heterocycles. The van der Waals surface area contributed by atoms with Crippen LogP contribution in [0.2, 0.25) is 0 Å². The van der Waals surface area contributed by atoms with Gasteiger partial charge in [0, 0.05) is 45.4 Å². The molecule has 1 saturated heterocycles. The summed E-state index contributed by atoms with van der Waals surface area (Å²) >= 11 is 0. The van der Waals surface area contributed by atoms with E-state index in [-0.39, 0.29) is 6.61 Å². The summed E-state index contributed by atoms with van der Waals surface area (Å²) in [6.45, 7) is 5.20. The van der Waals surface area contributed by atoms with Crippen molar-refractivity contribution < 1.29 is 9.74 Å². The maximum atomic E-state index is 9.52. The molecule has 1 atom stereocenters. The summed E-state index contributed by atoms with van der Waals surface area (Å²) in [6.07, 6.45) is 1.87. The van der Waals surface area contributed by atoms with Gasteiger partial charge in [-0.3, -0.25) is 9.80 Å². The van der Waals surface area contributed by atoms with Gasteiger partial charge in [0.1, 0.15) is 11.0 Å². The molecular weight excluding hydrogens is 340 g/mol. The lowest BCUT2D eigenvalue weighted by atomic mass is 10.1. The van der Waals surface area contributed by atoms with Gasteiger partial charge in [-0.15, -0.1) is 0 Å². The van der Waals surface area contributed by atoms with E-state index >= 15 is 0 Å². The molecule has 4 rings (SSSR count). The molecule has 0 unspecified atom stereocenters. The first kappa shape index (κ1) is 18.1. The summed E-state index contributed by atoms with van der Waals surface area (Å²) in [4.78, 5) is 5.00. The minimum absolute atomic E-state index is 0.233. The van der Waals surface area contributed by atoms with Crippen molar-refractivity contribution >= 4 is 11.0 Å². The van der Waals surface area contributed by atoms with Crippen LogP contribution in [0.5, 0.6) is 0 Å². The number of aromatic nitrogens is 2. The van der Waals surface area contributed by atoms with Gasteiger partial charge < -0.3 is 5.11 Å². The number of benzene rings is 2. The Morgan fingerprint density at radius 1 is 1.00 bits per heavy atom. The minimum Gasteiger partial charge on any atom is -0.396 e. The van der Waals surface area contributed by atoms with E-state index in [1.54, 1.807) is 0 Å². The lowest BCUT2D eigenvalue weighted by Crippen LogP contribution is -2.53.